The first-order chi connectivity index (χ1) is 9.46. The van der Waals surface area contributed by atoms with Crippen LogP contribution >= 0.6 is 0 Å². The highest BCUT2D eigenvalue weighted by Gasteiger charge is 2.37. The van der Waals surface area contributed by atoms with Crippen molar-refractivity contribution in [1.82, 2.24) is 0 Å². The normalized spacial score (nSPS) is 15.9. The summed E-state index contributed by atoms with van der Waals surface area (Å²) in [4.78, 5) is 0. The smallest absolute Gasteiger partial charge is 0.390 e. The Kier molecular flexibility index (Phi) is 5.24. The van der Waals surface area contributed by atoms with Crippen LogP contribution in [0.5, 0.6) is 0 Å². The number of rotatable bonds is 4. The summed E-state index contributed by atoms with van der Waals surface area (Å²) in [5, 5.41) is 19.1. The first kappa shape index (κ1) is 17.7. The van der Waals surface area contributed by atoms with Crippen molar-refractivity contribution in [3.05, 3.63) is 34.9 Å². The van der Waals surface area contributed by atoms with Crippen molar-refractivity contribution < 1.29 is 36.6 Å². The second-order valence-electron chi connectivity index (χ2n) is 4.43. The van der Waals surface area contributed by atoms with Gasteiger partial charge in [-0.25, -0.2) is 0 Å². The van der Waals surface area contributed by atoms with Crippen molar-refractivity contribution in [2.45, 2.75) is 31.0 Å². The van der Waals surface area contributed by atoms with Crippen LogP contribution in [0.25, 0.3) is 0 Å². The Bertz CT molecular complexity index is 453. The van der Waals surface area contributed by atoms with Gasteiger partial charge < -0.3 is 15.9 Å². The van der Waals surface area contributed by atoms with E-state index in [1.807, 2.05) is 0 Å². The number of alkyl halides is 6. The van der Waals surface area contributed by atoms with Crippen LogP contribution < -0.4 is 5.73 Å². The predicted molar refractivity (Wildman–Crippen MR) is 61.1 cm³/mol. The lowest BCUT2D eigenvalue weighted by molar-refractivity contribution is -0.143. The molecule has 1 aromatic rings. The Morgan fingerprint density at radius 2 is 1.33 bits per heavy atom. The van der Waals surface area contributed by atoms with Gasteiger partial charge in [0.2, 0.25) is 0 Å². The van der Waals surface area contributed by atoms with Gasteiger partial charge in [0.1, 0.15) is 6.10 Å². The minimum Gasteiger partial charge on any atom is -0.390 e. The molecule has 120 valence electrons. The highest BCUT2D eigenvalue weighted by Crippen LogP contribution is 2.37. The fourth-order valence-electron chi connectivity index (χ4n) is 1.70. The Morgan fingerprint density at radius 1 is 0.905 bits per heavy atom. The standard InChI is InChI=1S/C12H13F6NO2/c13-11(14,15)7-3-6(10(21)9(20)1-2-19)4-8(5-7)12(16,17)18/h3-5,9-10,20-21H,1-2,19H2. The van der Waals surface area contributed by atoms with Gasteiger partial charge in [0.25, 0.3) is 0 Å². The van der Waals surface area contributed by atoms with Crippen LogP contribution in [0, 0.1) is 0 Å². The molecule has 0 aliphatic heterocycles. The molecule has 2 unspecified atom stereocenters. The molecule has 0 bridgehead atoms. The van der Waals surface area contributed by atoms with Gasteiger partial charge in [0, 0.05) is 0 Å². The summed E-state index contributed by atoms with van der Waals surface area (Å²) in [6.45, 7) is -0.0800. The van der Waals surface area contributed by atoms with Crippen LogP contribution in [-0.4, -0.2) is 22.9 Å². The maximum Gasteiger partial charge on any atom is 0.416 e. The quantitative estimate of drug-likeness (QED) is 0.748. The third-order valence-corrected chi connectivity index (χ3v) is 2.78. The van der Waals surface area contributed by atoms with Gasteiger partial charge in [-0.2, -0.15) is 26.3 Å². The second kappa shape index (κ2) is 6.20. The van der Waals surface area contributed by atoms with Crippen LogP contribution in [0.3, 0.4) is 0 Å². The molecule has 0 fully saturated rings. The number of nitrogens with two attached hydrogens (primary N) is 1. The Morgan fingerprint density at radius 3 is 1.67 bits per heavy atom. The van der Waals surface area contributed by atoms with E-state index in [4.69, 9.17) is 5.73 Å². The van der Waals surface area contributed by atoms with E-state index < -0.39 is 41.3 Å². The molecule has 1 rings (SSSR count). The zero-order valence-corrected chi connectivity index (χ0v) is 10.5. The van der Waals surface area contributed by atoms with Crippen molar-refractivity contribution in [1.29, 1.82) is 0 Å². The van der Waals surface area contributed by atoms with Crippen molar-refractivity contribution >= 4 is 0 Å². The van der Waals surface area contributed by atoms with Crippen LogP contribution in [0.2, 0.25) is 0 Å². The fourth-order valence-corrected chi connectivity index (χ4v) is 1.70. The molecule has 0 aliphatic carbocycles. The van der Waals surface area contributed by atoms with Gasteiger partial charge in [0.05, 0.1) is 17.2 Å². The van der Waals surface area contributed by atoms with Gasteiger partial charge in [-0.1, -0.05) is 0 Å². The zero-order valence-electron chi connectivity index (χ0n) is 10.5. The van der Waals surface area contributed by atoms with Crippen molar-refractivity contribution in [3.63, 3.8) is 0 Å². The Labute approximate surface area is 116 Å². The predicted octanol–water partition coefficient (Wildman–Crippen LogP) is 2.47. The first-order valence-corrected chi connectivity index (χ1v) is 5.82. The number of aliphatic hydroxyl groups is 2. The van der Waals surface area contributed by atoms with Crippen LogP contribution in [-0.2, 0) is 12.4 Å². The third kappa shape index (κ3) is 4.58. The molecule has 21 heavy (non-hydrogen) atoms. The van der Waals surface area contributed by atoms with E-state index in [2.05, 4.69) is 0 Å². The van der Waals surface area contributed by atoms with E-state index in [1.54, 1.807) is 0 Å². The summed E-state index contributed by atoms with van der Waals surface area (Å²) < 4.78 is 75.7. The van der Waals surface area contributed by atoms with Crippen molar-refractivity contribution in [2.75, 3.05) is 6.54 Å². The van der Waals surface area contributed by atoms with Crippen LogP contribution in [0.1, 0.15) is 29.2 Å². The van der Waals surface area contributed by atoms with Gasteiger partial charge in [-0.15, -0.1) is 0 Å². The second-order valence-corrected chi connectivity index (χ2v) is 4.43. The minimum absolute atomic E-state index is 0.0501. The first-order valence-electron chi connectivity index (χ1n) is 5.82. The molecule has 4 N–H and O–H groups in total. The number of halogens is 6. The summed E-state index contributed by atoms with van der Waals surface area (Å²) in [5.74, 6) is 0. The minimum atomic E-state index is -5.01. The summed E-state index contributed by atoms with van der Waals surface area (Å²) in [7, 11) is 0. The molecular formula is C12H13F6NO2. The lowest BCUT2D eigenvalue weighted by Gasteiger charge is -2.20. The molecule has 0 aromatic heterocycles. The lowest BCUT2D eigenvalue weighted by atomic mass is 9.97. The molecule has 0 amide bonds. The summed E-state index contributed by atoms with van der Waals surface area (Å²) >= 11 is 0. The molecule has 0 saturated carbocycles. The summed E-state index contributed by atoms with van der Waals surface area (Å²) in [5.41, 5.74) is 1.34. The molecule has 0 saturated heterocycles. The molecule has 0 heterocycles. The number of hydrogen-bond donors (Lipinski definition) is 3. The van der Waals surface area contributed by atoms with Crippen molar-refractivity contribution in [2.24, 2.45) is 5.73 Å². The summed E-state index contributed by atoms with van der Waals surface area (Å²) in [6.07, 6.45) is -13.6. The van der Waals surface area contributed by atoms with E-state index >= 15 is 0 Å². The van der Waals surface area contributed by atoms with E-state index in [1.165, 1.54) is 0 Å². The Hall–Kier alpha value is -1.32. The van der Waals surface area contributed by atoms with Gasteiger partial charge >= 0.3 is 12.4 Å². The van der Waals surface area contributed by atoms with Crippen molar-refractivity contribution in [3.8, 4) is 0 Å². The van der Waals surface area contributed by atoms with Gasteiger partial charge in [-0.3, -0.25) is 0 Å². The maximum atomic E-state index is 12.6. The summed E-state index contributed by atoms with van der Waals surface area (Å²) in [6, 6.07) is 0.699. The van der Waals surface area contributed by atoms with E-state index in [0.717, 1.165) is 0 Å². The SMILES string of the molecule is NCCC(O)C(O)c1cc(C(F)(F)F)cc(C(F)(F)F)c1. The van der Waals surface area contributed by atoms with Gasteiger partial charge in [0.15, 0.2) is 0 Å². The molecular weight excluding hydrogens is 304 g/mol. The highest BCUT2D eigenvalue weighted by atomic mass is 19.4. The monoisotopic (exact) mass is 317 g/mol. The number of benzene rings is 1. The van der Waals surface area contributed by atoms with Gasteiger partial charge in [-0.05, 0) is 36.7 Å². The average molecular weight is 317 g/mol. The molecule has 2 atom stereocenters. The highest BCUT2D eigenvalue weighted by molar-refractivity contribution is 5.35. The largest absolute Gasteiger partial charge is 0.416 e. The van der Waals surface area contributed by atoms with Crippen LogP contribution in [0.15, 0.2) is 18.2 Å². The van der Waals surface area contributed by atoms with E-state index in [0.29, 0.717) is 12.1 Å². The molecule has 0 spiro atoms. The van der Waals surface area contributed by atoms with E-state index in [-0.39, 0.29) is 19.0 Å². The zero-order chi connectivity index (χ0) is 16.4. The number of aliphatic hydroxyl groups excluding tert-OH is 2. The van der Waals surface area contributed by atoms with E-state index in [9.17, 15) is 36.6 Å². The topological polar surface area (TPSA) is 66.5 Å². The molecule has 9 heteroatoms. The number of hydrogen-bond acceptors (Lipinski definition) is 3. The lowest BCUT2D eigenvalue weighted by Crippen LogP contribution is -2.23. The molecule has 0 aliphatic rings. The molecule has 3 nitrogen and oxygen atoms in total. The third-order valence-electron chi connectivity index (χ3n) is 2.78. The average Bonchev–Trinajstić information content (AvgIpc) is 2.35. The molecule has 1 aromatic carbocycles. The fraction of sp³-hybridized carbons (Fsp3) is 0.500. The Balaban J connectivity index is 3.32. The van der Waals surface area contributed by atoms with Crippen LogP contribution in [0.4, 0.5) is 26.3 Å². The molecule has 0 radical (unpaired) electrons. The maximum absolute atomic E-state index is 12.6.